The lowest BCUT2D eigenvalue weighted by Crippen LogP contribution is -2.09. The van der Waals surface area contributed by atoms with Crippen molar-refractivity contribution in [1.29, 1.82) is 0 Å². The highest BCUT2D eigenvalue weighted by Crippen LogP contribution is 2.21. The number of carbonyl (C=O) groups is 2. The van der Waals surface area contributed by atoms with E-state index < -0.39 is 5.97 Å². The quantitative estimate of drug-likeness (QED) is 0.281. The van der Waals surface area contributed by atoms with E-state index in [4.69, 9.17) is 16.3 Å². The molecule has 1 aromatic heterocycles. The Morgan fingerprint density at radius 1 is 0.923 bits per heavy atom. The summed E-state index contributed by atoms with van der Waals surface area (Å²) in [6, 6.07) is 16.9. The van der Waals surface area contributed by atoms with Gasteiger partial charge in [-0.1, -0.05) is 29.8 Å². The van der Waals surface area contributed by atoms with Crippen LogP contribution in [0.5, 0.6) is 5.75 Å². The fourth-order valence-corrected chi connectivity index (χ4v) is 2.36. The molecular formula is C21H14ClNO3. The van der Waals surface area contributed by atoms with E-state index >= 15 is 0 Å². The number of ether oxygens (including phenoxy) is 1. The molecule has 26 heavy (non-hydrogen) atoms. The molecule has 0 atom stereocenters. The first-order valence-corrected chi connectivity index (χ1v) is 8.20. The molecule has 0 aliphatic rings. The van der Waals surface area contributed by atoms with E-state index in [1.807, 2.05) is 0 Å². The maximum atomic E-state index is 12.2. The molecule has 128 valence electrons. The van der Waals surface area contributed by atoms with Crippen molar-refractivity contribution in [3.05, 3.63) is 101 Å². The van der Waals surface area contributed by atoms with Gasteiger partial charge in [0.25, 0.3) is 0 Å². The summed E-state index contributed by atoms with van der Waals surface area (Å²) in [6.45, 7) is 0. The van der Waals surface area contributed by atoms with Crippen molar-refractivity contribution in [2.45, 2.75) is 0 Å². The SMILES string of the molecule is O=C(C=Cc1ccccc1OC(=O)c1cccnc1)c1ccc(Cl)cc1. The molecule has 0 amide bonds. The van der Waals surface area contributed by atoms with Crippen molar-refractivity contribution >= 4 is 29.4 Å². The monoisotopic (exact) mass is 363 g/mol. The van der Waals surface area contributed by atoms with Gasteiger partial charge in [-0.3, -0.25) is 9.78 Å². The number of para-hydroxylation sites is 1. The summed E-state index contributed by atoms with van der Waals surface area (Å²) >= 11 is 5.83. The summed E-state index contributed by atoms with van der Waals surface area (Å²) in [5.74, 6) is -0.320. The minimum absolute atomic E-state index is 0.171. The third kappa shape index (κ3) is 4.43. The predicted octanol–water partition coefficient (Wildman–Crippen LogP) is 4.85. The Kier molecular flexibility index (Phi) is 5.56. The van der Waals surface area contributed by atoms with E-state index in [1.54, 1.807) is 72.9 Å². The number of hydrogen-bond acceptors (Lipinski definition) is 4. The summed E-state index contributed by atoms with van der Waals surface area (Å²) in [6.07, 6.45) is 6.06. The second-order valence-electron chi connectivity index (χ2n) is 5.37. The average molecular weight is 364 g/mol. The number of halogens is 1. The molecule has 2 aromatic carbocycles. The van der Waals surface area contributed by atoms with Gasteiger partial charge in [-0.05, 0) is 54.6 Å². The lowest BCUT2D eigenvalue weighted by atomic mass is 10.1. The zero-order valence-corrected chi connectivity index (χ0v) is 14.4. The van der Waals surface area contributed by atoms with Crippen molar-refractivity contribution in [2.24, 2.45) is 0 Å². The fraction of sp³-hybridized carbons (Fsp3) is 0. The minimum atomic E-state index is -0.511. The van der Waals surface area contributed by atoms with Gasteiger partial charge in [-0.15, -0.1) is 0 Å². The number of ketones is 1. The molecule has 0 aliphatic carbocycles. The van der Waals surface area contributed by atoms with Gasteiger partial charge in [0.1, 0.15) is 5.75 Å². The molecule has 0 radical (unpaired) electrons. The van der Waals surface area contributed by atoms with E-state index in [2.05, 4.69) is 4.98 Å². The number of aromatic nitrogens is 1. The highest BCUT2D eigenvalue weighted by atomic mass is 35.5. The molecule has 0 N–H and O–H groups in total. The molecule has 3 rings (SSSR count). The summed E-state index contributed by atoms with van der Waals surface area (Å²) in [4.78, 5) is 28.3. The molecule has 0 aliphatic heterocycles. The molecule has 0 saturated carbocycles. The molecule has 0 saturated heterocycles. The zero-order valence-electron chi connectivity index (χ0n) is 13.6. The molecule has 0 bridgehead atoms. The Balaban J connectivity index is 1.77. The smallest absolute Gasteiger partial charge is 0.345 e. The third-order valence-electron chi connectivity index (χ3n) is 3.56. The lowest BCUT2D eigenvalue weighted by molar-refractivity contribution is 0.0734. The van der Waals surface area contributed by atoms with E-state index in [0.717, 1.165) is 0 Å². The summed E-state index contributed by atoms with van der Waals surface area (Å²) in [5.41, 5.74) is 1.49. The lowest BCUT2D eigenvalue weighted by Gasteiger charge is -2.07. The van der Waals surface area contributed by atoms with Crippen LogP contribution in [0.3, 0.4) is 0 Å². The zero-order chi connectivity index (χ0) is 18.4. The number of carbonyl (C=O) groups excluding carboxylic acids is 2. The van der Waals surface area contributed by atoms with Crippen LogP contribution in [0, 0.1) is 0 Å². The summed E-state index contributed by atoms with van der Waals surface area (Å²) in [7, 11) is 0. The van der Waals surface area contributed by atoms with Gasteiger partial charge in [-0.25, -0.2) is 4.79 Å². The minimum Gasteiger partial charge on any atom is -0.422 e. The van der Waals surface area contributed by atoms with Crippen LogP contribution in [0.2, 0.25) is 5.02 Å². The maximum Gasteiger partial charge on any atom is 0.345 e. The van der Waals surface area contributed by atoms with Crippen molar-refractivity contribution in [2.75, 3.05) is 0 Å². The van der Waals surface area contributed by atoms with Crippen molar-refractivity contribution in [3.63, 3.8) is 0 Å². The normalized spacial score (nSPS) is 10.7. The molecule has 5 heteroatoms. The van der Waals surface area contributed by atoms with E-state index in [0.29, 0.717) is 27.5 Å². The van der Waals surface area contributed by atoms with E-state index in [-0.39, 0.29) is 5.78 Å². The number of nitrogens with zero attached hydrogens (tertiary/aromatic N) is 1. The average Bonchev–Trinajstić information content (AvgIpc) is 2.68. The number of pyridine rings is 1. The number of hydrogen-bond donors (Lipinski definition) is 0. The van der Waals surface area contributed by atoms with Crippen LogP contribution in [0.1, 0.15) is 26.3 Å². The van der Waals surface area contributed by atoms with Gasteiger partial charge in [0, 0.05) is 28.5 Å². The molecule has 0 spiro atoms. The number of rotatable bonds is 5. The molecule has 4 nitrogen and oxygen atoms in total. The Morgan fingerprint density at radius 3 is 2.42 bits per heavy atom. The third-order valence-corrected chi connectivity index (χ3v) is 3.81. The van der Waals surface area contributed by atoms with Crippen molar-refractivity contribution in [1.82, 2.24) is 4.98 Å². The van der Waals surface area contributed by atoms with Crippen LogP contribution in [-0.4, -0.2) is 16.7 Å². The highest BCUT2D eigenvalue weighted by molar-refractivity contribution is 6.30. The largest absolute Gasteiger partial charge is 0.422 e. The van der Waals surface area contributed by atoms with Crippen LogP contribution in [0.4, 0.5) is 0 Å². The molecule has 3 aromatic rings. The Labute approximate surface area is 155 Å². The second-order valence-corrected chi connectivity index (χ2v) is 5.81. The van der Waals surface area contributed by atoms with Crippen LogP contribution in [0.25, 0.3) is 6.08 Å². The Hall–Kier alpha value is -3.24. The molecule has 0 unspecified atom stereocenters. The molecule has 0 fully saturated rings. The van der Waals surface area contributed by atoms with Gasteiger partial charge in [0.05, 0.1) is 5.56 Å². The Bertz CT molecular complexity index is 951. The van der Waals surface area contributed by atoms with Gasteiger partial charge < -0.3 is 4.74 Å². The topological polar surface area (TPSA) is 56.3 Å². The predicted molar refractivity (Wildman–Crippen MR) is 100 cm³/mol. The van der Waals surface area contributed by atoms with Gasteiger partial charge in [-0.2, -0.15) is 0 Å². The van der Waals surface area contributed by atoms with Gasteiger partial charge in [0.2, 0.25) is 0 Å². The first kappa shape index (κ1) is 17.6. The molecule has 1 heterocycles. The van der Waals surface area contributed by atoms with Gasteiger partial charge >= 0.3 is 5.97 Å². The van der Waals surface area contributed by atoms with Crippen LogP contribution >= 0.6 is 11.6 Å². The fourth-order valence-electron chi connectivity index (χ4n) is 2.23. The van der Waals surface area contributed by atoms with Gasteiger partial charge in [0.15, 0.2) is 5.78 Å². The standard InChI is InChI=1S/C21H14ClNO3/c22-18-10-7-15(8-11-18)19(24)12-9-16-4-1-2-6-20(16)26-21(25)17-5-3-13-23-14-17/h1-14H. The number of benzene rings is 2. The van der Waals surface area contributed by atoms with E-state index in [1.165, 1.54) is 12.3 Å². The first-order chi connectivity index (χ1) is 12.6. The van der Waals surface area contributed by atoms with Crippen molar-refractivity contribution in [3.8, 4) is 5.75 Å². The number of allylic oxidation sites excluding steroid dienone is 1. The van der Waals surface area contributed by atoms with Crippen LogP contribution in [0.15, 0.2) is 79.1 Å². The summed E-state index contributed by atoms with van der Waals surface area (Å²) < 4.78 is 5.43. The molecular weight excluding hydrogens is 350 g/mol. The second kappa shape index (κ2) is 8.23. The summed E-state index contributed by atoms with van der Waals surface area (Å²) in [5, 5.41) is 0.568. The highest BCUT2D eigenvalue weighted by Gasteiger charge is 2.10. The first-order valence-electron chi connectivity index (χ1n) is 7.83. The van der Waals surface area contributed by atoms with Crippen molar-refractivity contribution < 1.29 is 14.3 Å². The van der Waals surface area contributed by atoms with Crippen LogP contribution < -0.4 is 4.74 Å². The van der Waals surface area contributed by atoms with Crippen LogP contribution in [-0.2, 0) is 0 Å². The van der Waals surface area contributed by atoms with E-state index in [9.17, 15) is 9.59 Å². The number of esters is 1. The maximum absolute atomic E-state index is 12.2. The Morgan fingerprint density at radius 2 is 1.69 bits per heavy atom.